The van der Waals surface area contributed by atoms with Crippen LogP contribution in [0.2, 0.25) is 10.0 Å². The molecule has 0 radical (unpaired) electrons. The van der Waals surface area contributed by atoms with Crippen LogP contribution in [0.1, 0.15) is 24.8 Å². The molecule has 0 heterocycles. The topological polar surface area (TPSA) is 12.0 Å². The lowest BCUT2D eigenvalue weighted by Gasteiger charge is -2.40. The van der Waals surface area contributed by atoms with Crippen molar-refractivity contribution in [3.63, 3.8) is 0 Å². The van der Waals surface area contributed by atoms with Crippen molar-refractivity contribution in [2.24, 2.45) is 0 Å². The molecule has 0 aliphatic heterocycles. The molecule has 1 nitrogen and oxygen atoms in total. The Balaban J connectivity index is 1.90. The first kappa shape index (κ1) is 13.5. The number of benzene rings is 1. The van der Waals surface area contributed by atoms with E-state index >= 15 is 0 Å². The van der Waals surface area contributed by atoms with Crippen LogP contribution in [0.4, 0.5) is 0 Å². The summed E-state index contributed by atoms with van der Waals surface area (Å²) in [7, 11) is 0. The van der Waals surface area contributed by atoms with E-state index in [0.717, 1.165) is 28.7 Å². The Hall–Kier alpha value is 0.110. The number of hydrogen-bond acceptors (Lipinski definition) is 2. The van der Waals surface area contributed by atoms with Crippen LogP contribution >= 0.6 is 35.0 Å². The van der Waals surface area contributed by atoms with E-state index in [-0.39, 0.29) is 0 Å². The van der Waals surface area contributed by atoms with Gasteiger partial charge in [-0.2, -0.15) is 11.8 Å². The minimum Gasteiger partial charge on any atom is -0.311 e. The summed E-state index contributed by atoms with van der Waals surface area (Å²) in [6, 6.07) is 5.65. The molecule has 0 spiro atoms. The molecule has 0 unspecified atom stereocenters. The van der Waals surface area contributed by atoms with E-state index in [1.165, 1.54) is 19.3 Å². The van der Waals surface area contributed by atoms with Crippen molar-refractivity contribution in [3.05, 3.63) is 33.8 Å². The molecule has 1 aromatic rings. The SMILES string of the molecule is CSC1(CNCc2c(Cl)cccc2Cl)CCC1. The largest absolute Gasteiger partial charge is 0.311 e. The number of hydrogen-bond donors (Lipinski definition) is 1. The first-order valence-corrected chi connectivity index (χ1v) is 7.84. The summed E-state index contributed by atoms with van der Waals surface area (Å²) in [5.41, 5.74) is 1.01. The van der Waals surface area contributed by atoms with Gasteiger partial charge in [0.15, 0.2) is 0 Å². The van der Waals surface area contributed by atoms with Crippen molar-refractivity contribution in [2.45, 2.75) is 30.6 Å². The fourth-order valence-electron chi connectivity index (χ4n) is 2.14. The Morgan fingerprint density at radius 3 is 2.41 bits per heavy atom. The van der Waals surface area contributed by atoms with Gasteiger partial charge in [0.1, 0.15) is 0 Å². The van der Waals surface area contributed by atoms with Crippen LogP contribution in [0.25, 0.3) is 0 Å². The van der Waals surface area contributed by atoms with Gasteiger partial charge in [0.2, 0.25) is 0 Å². The van der Waals surface area contributed by atoms with E-state index in [1.807, 2.05) is 30.0 Å². The summed E-state index contributed by atoms with van der Waals surface area (Å²) in [6.07, 6.45) is 6.19. The first-order chi connectivity index (χ1) is 8.17. The highest BCUT2D eigenvalue weighted by atomic mass is 35.5. The molecule has 1 aromatic carbocycles. The van der Waals surface area contributed by atoms with Gasteiger partial charge in [-0.25, -0.2) is 0 Å². The minimum absolute atomic E-state index is 0.452. The molecular formula is C13H17Cl2NS. The number of rotatable bonds is 5. The maximum absolute atomic E-state index is 6.13. The second-order valence-corrected chi connectivity index (χ2v) is 6.63. The Bertz CT molecular complexity index is 365. The molecule has 1 saturated carbocycles. The number of halogens is 2. The van der Waals surface area contributed by atoms with E-state index in [1.54, 1.807) is 0 Å². The van der Waals surface area contributed by atoms with Crippen molar-refractivity contribution in [1.29, 1.82) is 0 Å². The summed E-state index contributed by atoms with van der Waals surface area (Å²) in [4.78, 5) is 0. The molecule has 0 amide bonds. The molecule has 1 aliphatic rings. The maximum Gasteiger partial charge on any atom is 0.0465 e. The van der Waals surface area contributed by atoms with E-state index in [2.05, 4.69) is 11.6 Å². The van der Waals surface area contributed by atoms with Crippen LogP contribution < -0.4 is 5.32 Å². The predicted molar refractivity (Wildman–Crippen MR) is 78.3 cm³/mol. The lowest BCUT2D eigenvalue weighted by atomic mass is 9.84. The molecule has 0 bridgehead atoms. The monoisotopic (exact) mass is 289 g/mol. The molecule has 1 N–H and O–H groups in total. The van der Waals surface area contributed by atoms with Crippen LogP contribution in [0.5, 0.6) is 0 Å². The predicted octanol–water partition coefficient (Wildman–Crippen LogP) is 4.37. The second kappa shape index (κ2) is 5.83. The molecule has 1 fully saturated rings. The van der Waals surface area contributed by atoms with Gasteiger partial charge in [-0.05, 0) is 31.2 Å². The molecule has 1 aliphatic carbocycles. The number of nitrogens with one attached hydrogen (secondary N) is 1. The molecule has 17 heavy (non-hydrogen) atoms. The normalized spacial score (nSPS) is 17.8. The lowest BCUT2D eigenvalue weighted by molar-refractivity contribution is 0.345. The fourth-order valence-corrected chi connectivity index (χ4v) is 3.62. The Kier molecular flexibility index (Phi) is 4.65. The maximum atomic E-state index is 6.13. The fraction of sp³-hybridized carbons (Fsp3) is 0.538. The van der Waals surface area contributed by atoms with Crippen LogP contribution in [0.3, 0.4) is 0 Å². The zero-order valence-corrected chi connectivity index (χ0v) is 12.3. The van der Waals surface area contributed by atoms with Gasteiger partial charge in [0.25, 0.3) is 0 Å². The Morgan fingerprint density at radius 1 is 1.29 bits per heavy atom. The van der Waals surface area contributed by atoms with Crippen molar-refractivity contribution in [1.82, 2.24) is 5.32 Å². The van der Waals surface area contributed by atoms with Gasteiger partial charge >= 0.3 is 0 Å². The van der Waals surface area contributed by atoms with Crippen molar-refractivity contribution < 1.29 is 0 Å². The van der Waals surface area contributed by atoms with Crippen LogP contribution in [-0.4, -0.2) is 17.5 Å². The summed E-state index contributed by atoms with van der Waals surface area (Å²) in [5, 5.41) is 4.98. The van der Waals surface area contributed by atoms with Gasteiger partial charge < -0.3 is 5.32 Å². The van der Waals surface area contributed by atoms with Gasteiger partial charge in [0.05, 0.1) is 0 Å². The molecule has 0 atom stereocenters. The summed E-state index contributed by atoms with van der Waals surface area (Å²) >= 11 is 14.2. The van der Waals surface area contributed by atoms with Crippen molar-refractivity contribution in [2.75, 3.05) is 12.8 Å². The molecule has 4 heteroatoms. The first-order valence-electron chi connectivity index (χ1n) is 5.86. The van der Waals surface area contributed by atoms with E-state index in [9.17, 15) is 0 Å². The van der Waals surface area contributed by atoms with E-state index < -0.39 is 0 Å². The van der Waals surface area contributed by atoms with Crippen LogP contribution in [0, 0.1) is 0 Å². The average Bonchev–Trinajstić information content (AvgIpc) is 2.26. The molecule has 2 rings (SSSR count). The highest BCUT2D eigenvalue weighted by Crippen LogP contribution is 2.42. The quantitative estimate of drug-likeness (QED) is 0.864. The van der Waals surface area contributed by atoms with E-state index in [0.29, 0.717) is 4.75 Å². The van der Waals surface area contributed by atoms with Gasteiger partial charge in [-0.1, -0.05) is 35.7 Å². The summed E-state index contributed by atoms with van der Waals surface area (Å²) < 4.78 is 0.452. The van der Waals surface area contributed by atoms with Crippen molar-refractivity contribution in [3.8, 4) is 0 Å². The average molecular weight is 290 g/mol. The number of thioether (sulfide) groups is 1. The standard InChI is InChI=1S/C13H17Cl2NS/c1-17-13(6-3-7-13)9-16-8-10-11(14)4-2-5-12(10)15/h2,4-5,16H,3,6-9H2,1H3. The molecular weight excluding hydrogens is 273 g/mol. The second-order valence-electron chi connectivity index (χ2n) is 4.54. The zero-order valence-electron chi connectivity index (χ0n) is 9.93. The Morgan fingerprint density at radius 2 is 1.94 bits per heavy atom. The van der Waals surface area contributed by atoms with Gasteiger partial charge in [-0.15, -0.1) is 0 Å². The van der Waals surface area contributed by atoms with Gasteiger partial charge in [-0.3, -0.25) is 0 Å². The third-order valence-corrected chi connectivity index (χ3v) is 5.64. The smallest absolute Gasteiger partial charge is 0.0465 e. The van der Waals surface area contributed by atoms with E-state index in [4.69, 9.17) is 23.2 Å². The highest BCUT2D eigenvalue weighted by molar-refractivity contribution is 8.00. The summed E-state index contributed by atoms with van der Waals surface area (Å²) in [6.45, 7) is 1.79. The Labute approximate surface area is 117 Å². The summed E-state index contributed by atoms with van der Waals surface area (Å²) in [5.74, 6) is 0. The lowest BCUT2D eigenvalue weighted by Crippen LogP contribution is -2.43. The molecule has 94 valence electrons. The third-order valence-electron chi connectivity index (χ3n) is 3.51. The van der Waals surface area contributed by atoms with Gasteiger partial charge in [0, 0.05) is 33.4 Å². The third kappa shape index (κ3) is 3.11. The molecule has 0 aromatic heterocycles. The molecule has 0 saturated heterocycles. The van der Waals surface area contributed by atoms with Crippen molar-refractivity contribution >= 4 is 35.0 Å². The minimum atomic E-state index is 0.452. The zero-order chi connectivity index (χ0) is 12.3. The van der Waals surface area contributed by atoms with Crippen LogP contribution in [-0.2, 0) is 6.54 Å². The highest BCUT2D eigenvalue weighted by Gasteiger charge is 2.35. The van der Waals surface area contributed by atoms with Crippen LogP contribution in [0.15, 0.2) is 18.2 Å².